The summed E-state index contributed by atoms with van der Waals surface area (Å²) < 4.78 is 54.5. The van der Waals surface area contributed by atoms with Crippen molar-refractivity contribution < 1.29 is 22.3 Å². The van der Waals surface area contributed by atoms with Gasteiger partial charge in [0, 0.05) is 11.8 Å². The highest BCUT2D eigenvalue weighted by Crippen LogP contribution is 2.27. The van der Waals surface area contributed by atoms with Crippen LogP contribution >= 0.6 is 12.2 Å². The molecule has 0 aliphatic heterocycles. The maximum Gasteiger partial charge on any atom is 0.340 e. The number of rotatable bonds is 5. The highest BCUT2D eigenvalue weighted by molar-refractivity contribution is 7.80. The molecule has 0 saturated carbocycles. The molecule has 0 aliphatic carbocycles. The summed E-state index contributed by atoms with van der Waals surface area (Å²) >= 11 is 4.76. The minimum absolute atomic E-state index is 0.0715. The molecular weight excluding hydrogens is 284 g/mol. The Morgan fingerprint density at radius 2 is 2.05 bits per heavy atom. The highest BCUT2D eigenvalue weighted by Gasteiger charge is 2.42. The smallest absolute Gasteiger partial charge is 0.340 e. The first-order valence-corrected chi connectivity index (χ1v) is 5.63. The molecule has 0 atom stereocenters. The van der Waals surface area contributed by atoms with Gasteiger partial charge in [-0.1, -0.05) is 12.2 Å². The molecule has 0 spiro atoms. The number of ether oxygens (including phenoxy) is 1. The monoisotopic (exact) mass is 296 g/mol. The van der Waals surface area contributed by atoms with Crippen LogP contribution in [-0.4, -0.2) is 28.9 Å². The second-order valence-corrected chi connectivity index (χ2v) is 4.38. The van der Waals surface area contributed by atoms with Crippen molar-refractivity contribution in [3.8, 4) is 5.75 Å². The number of aromatic nitrogens is 1. The molecule has 0 aromatic carbocycles. The van der Waals surface area contributed by atoms with Crippen molar-refractivity contribution in [3.63, 3.8) is 0 Å². The quantitative estimate of drug-likeness (QED) is 0.670. The highest BCUT2D eigenvalue weighted by atomic mass is 32.1. The van der Waals surface area contributed by atoms with Crippen molar-refractivity contribution in [2.75, 3.05) is 6.61 Å². The molecule has 0 unspecified atom stereocenters. The lowest BCUT2D eigenvalue weighted by molar-refractivity contribution is -0.148. The van der Waals surface area contributed by atoms with Crippen molar-refractivity contribution in [2.45, 2.75) is 26.2 Å². The van der Waals surface area contributed by atoms with Gasteiger partial charge >= 0.3 is 12.3 Å². The number of hydrogen-bond donors (Lipinski definition) is 1. The van der Waals surface area contributed by atoms with Crippen molar-refractivity contribution in [2.24, 2.45) is 5.73 Å². The van der Waals surface area contributed by atoms with Crippen LogP contribution in [0.2, 0.25) is 0 Å². The van der Waals surface area contributed by atoms with E-state index < -0.39 is 19.0 Å². The Bertz CT molecular complexity index is 494. The molecule has 2 N–H and O–H groups in total. The van der Waals surface area contributed by atoms with Gasteiger partial charge in [-0.2, -0.15) is 8.78 Å². The van der Waals surface area contributed by atoms with E-state index in [4.69, 9.17) is 22.7 Å². The fourth-order valence-electron chi connectivity index (χ4n) is 1.44. The van der Waals surface area contributed by atoms with Crippen molar-refractivity contribution >= 4 is 17.2 Å². The second kappa shape index (κ2) is 5.68. The van der Waals surface area contributed by atoms with Gasteiger partial charge in [-0.25, -0.2) is 8.78 Å². The van der Waals surface area contributed by atoms with E-state index in [-0.39, 0.29) is 16.3 Å². The van der Waals surface area contributed by atoms with Crippen LogP contribution in [0.15, 0.2) is 6.07 Å². The average molecular weight is 296 g/mol. The normalized spacial score (nSPS) is 11.7. The van der Waals surface area contributed by atoms with Crippen LogP contribution in [0.4, 0.5) is 17.6 Å². The van der Waals surface area contributed by atoms with Gasteiger partial charge in [0.25, 0.3) is 0 Å². The third-order valence-electron chi connectivity index (χ3n) is 2.28. The average Bonchev–Trinajstić information content (AvgIpc) is 2.24. The van der Waals surface area contributed by atoms with E-state index in [2.05, 4.69) is 4.98 Å². The van der Waals surface area contributed by atoms with Gasteiger partial charge in [-0.05, 0) is 13.8 Å². The summed E-state index contributed by atoms with van der Waals surface area (Å²) in [5, 5.41) is 0. The van der Waals surface area contributed by atoms with Crippen LogP contribution in [0.3, 0.4) is 0 Å². The number of hydrogen-bond acceptors (Lipinski definition) is 3. The summed E-state index contributed by atoms with van der Waals surface area (Å²) in [4.78, 5) is 3.95. The zero-order valence-corrected chi connectivity index (χ0v) is 11.0. The van der Waals surface area contributed by atoms with E-state index in [9.17, 15) is 17.6 Å². The fourth-order valence-corrected chi connectivity index (χ4v) is 1.69. The maximum absolute atomic E-state index is 12.8. The summed E-state index contributed by atoms with van der Waals surface area (Å²) in [6.07, 6.45) is -3.80. The second-order valence-electron chi connectivity index (χ2n) is 3.94. The summed E-state index contributed by atoms with van der Waals surface area (Å²) in [6.45, 7) is 1.72. The third kappa shape index (κ3) is 3.76. The van der Waals surface area contributed by atoms with Gasteiger partial charge in [0.2, 0.25) is 0 Å². The van der Waals surface area contributed by atoms with Gasteiger partial charge in [-0.15, -0.1) is 0 Å². The molecule has 106 valence electrons. The number of alkyl halides is 4. The van der Waals surface area contributed by atoms with Crippen LogP contribution < -0.4 is 10.5 Å². The molecule has 0 amide bonds. The van der Waals surface area contributed by atoms with E-state index >= 15 is 0 Å². The zero-order valence-electron chi connectivity index (χ0n) is 10.2. The molecule has 1 aromatic rings. The standard InChI is InChI=1S/C11H12F4N2OS/c1-5-3-7(8(9(16)19)6(2)17-5)18-4-11(14,15)10(12)13/h3,10H,4H2,1-2H3,(H2,16,19). The van der Waals surface area contributed by atoms with Crippen LogP contribution in [-0.2, 0) is 0 Å². The number of halogens is 4. The van der Waals surface area contributed by atoms with Gasteiger partial charge in [-0.3, -0.25) is 4.98 Å². The molecule has 3 nitrogen and oxygen atoms in total. The topological polar surface area (TPSA) is 48.1 Å². The number of nitrogens with zero attached hydrogens (tertiary/aromatic N) is 1. The Labute approximate surface area is 112 Å². The molecule has 1 aromatic heterocycles. The van der Waals surface area contributed by atoms with Crippen LogP contribution in [0.5, 0.6) is 5.75 Å². The fraction of sp³-hybridized carbons (Fsp3) is 0.455. The predicted octanol–water partition coefficient (Wildman–Crippen LogP) is 2.61. The largest absolute Gasteiger partial charge is 0.486 e. The van der Waals surface area contributed by atoms with Gasteiger partial charge in [0.15, 0.2) is 6.61 Å². The van der Waals surface area contributed by atoms with E-state index in [1.54, 1.807) is 13.8 Å². The molecule has 0 radical (unpaired) electrons. The van der Waals surface area contributed by atoms with E-state index in [1.807, 2.05) is 0 Å². The number of thiocarbonyl (C=S) groups is 1. The summed E-state index contributed by atoms with van der Waals surface area (Å²) in [5.74, 6) is -4.31. The summed E-state index contributed by atoms with van der Waals surface area (Å²) in [5.41, 5.74) is 6.48. The lowest BCUT2D eigenvalue weighted by atomic mass is 10.1. The first kappa shape index (κ1) is 15.6. The van der Waals surface area contributed by atoms with E-state index in [1.165, 1.54) is 6.07 Å². The van der Waals surface area contributed by atoms with Crippen LogP contribution in [0.25, 0.3) is 0 Å². The summed E-state index contributed by atoms with van der Waals surface area (Å²) in [6, 6.07) is 1.32. The minimum atomic E-state index is -4.24. The van der Waals surface area contributed by atoms with Crippen LogP contribution in [0.1, 0.15) is 17.0 Å². The van der Waals surface area contributed by atoms with Gasteiger partial charge in [0.05, 0.1) is 11.3 Å². The number of nitrogens with two attached hydrogens (primary N) is 1. The molecule has 0 fully saturated rings. The maximum atomic E-state index is 12.8. The Kier molecular flexibility index (Phi) is 4.67. The Morgan fingerprint density at radius 1 is 1.47 bits per heavy atom. The van der Waals surface area contributed by atoms with Crippen molar-refractivity contribution in [1.29, 1.82) is 0 Å². The molecular formula is C11H12F4N2OS. The first-order valence-electron chi connectivity index (χ1n) is 5.22. The zero-order chi connectivity index (χ0) is 14.8. The number of aryl methyl sites for hydroxylation is 2. The first-order chi connectivity index (χ1) is 8.65. The lowest BCUT2D eigenvalue weighted by Gasteiger charge is -2.18. The molecule has 8 heteroatoms. The lowest BCUT2D eigenvalue weighted by Crippen LogP contribution is -2.34. The number of pyridine rings is 1. The van der Waals surface area contributed by atoms with Gasteiger partial charge < -0.3 is 10.5 Å². The van der Waals surface area contributed by atoms with Crippen molar-refractivity contribution in [3.05, 3.63) is 23.0 Å². The Morgan fingerprint density at radius 3 is 2.53 bits per heavy atom. The molecule has 19 heavy (non-hydrogen) atoms. The summed E-state index contributed by atoms with van der Waals surface area (Å²) in [7, 11) is 0. The Balaban J connectivity index is 3.04. The molecule has 0 aliphatic rings. The molecule has 1 rings (SSSR count). The molecule has 0 saturated heterocycles. The Hall–Kier alpha value is -1.44. The van der Waals surface area contributed by atoms with E-state index in [0.29, 0.717) is 11.4 Å². The molecule has 1 heterocycles. The van der Waals surface area contributed by atoms with E-state index in [0.717, 1.165) is 0 Å². The molecule has 0 bridgehead atoms. The van der Waals surface area contributed by atoms with Crippen LogP contribution in [0, 0.1) is 13.8 Å². The van der Waals surface area contributed by atoms with Gasteiger partial charge in [0.1, 0.15) is 10.7 Å². The third-order valence-corrected chi connectivity index (χ3v) is 2.48. The minimum Gasteiger partial charge on any atom is -0.486 e. The predicted molar refractivity (Wildman–Crippen MR) is 66.0 cm³/mol. The van der Waals surface area contributed by atoms with Crippen molar-refractivity contribution in [1.82, 2.24) is 4.98 Å². The SMILES string of the molecule is Cc1cc(OCC(F)(F)C(F)F)c(C(N)=S)c(C)n1.